The predicted octanol–water partition coefficient (Wildman–Crippen LogP) is 3.56. The zero-order valence-electron chi connectivity index (χ0n) is 15.6. The second kappa shape index (κ2) is 8.87. The zero-order chi connectivity index (χ0) is 19.2. The number of nitrogens with one attached hydrogen (secondary N) is 1. The normalized spacial score (nSPS) is 19.4. The molecule has 1 aliphatic heterocycles. The van der Waals surface area contributed by atoms with Gasteiger partial charge in [0.15, 0.2) is 0 Å². The molecule has 0 bridgehead atoms. The monoisotopic (exact) mass is 381 g/mol. The highest BCUT2D eigenvalue weighted by Gasteiger charge is 2.23. The summed E-state index contributed by atoms with van der Waals surface area (Å²) in [6, 6.07) is 10.8. The van der Waals surface area contributed by atoms with Crippen molar-refractivity contribution in [3.05, 3.63) is 42.2 Å². The first kappa shape index (κ1) is 19.2. The summed E-state index contributed by atoms with van der Waals surface area (Å²) in [5.74, 6) is 2.39. The van der Waals surface area contributed by atoms with E-state index in [-0.39, 0.29) is 11.7 Å². The van der Waals surface area contributed by atoms with Crippen molar-refractivity contribution in [3.63, 3.8) is 0 Å². The van der Waals surface area contributed by atoms with Crippen molar-refractivity contribution in [3.8, 4) is 6.07 Å². The van der Waals surface area contributed by atoms with Crippen LogP contribution in [0.4, 0.5) is 11.5 Å². The quantitative estimate of drug-likeness (QED) is 0.630. The minimum atomic E-state index is -0.106. The van der Waals surface area contributed by atoms with E-state index in [4.69, 9.17) is 5.26 Å². The van der Waals surface area contributed by atoms with Gasteiger partial charge in [-0.25, -0.2) is 9.97 Å². The number of amides is 1. The molecule has 2 atom stereocenters. The molecular formula is C20H23N5OS. The molecule has 140 valence electrons. The van der Waals surface area contributed by atoms with Crippen LogP contribution in [0.1, 0.15) is 25.8 Å². The van der Waals surface area contributed by atoms with Crippen LogP contribution in [-0.4, -0.2) is 34.7 Å². The Morgan fingerprint density at radius 1 is 1.26 bits per heavy atom. The second-order valence-electron chi connectivity index (χ2n) is 7.09. The van der Waals surface area contributed by atoms with Crippen LogP contribution < -0.4 is 10.2 Å². The van der Waals surface area contributed by atoms with E-state index in [1.54, 1.807) is 30.6 Å². The fourth-order valence-corrected chi connectivity index (χ4v) is 4.06. The van der Waals surface area contributed by atoms with E-state index in [2.05, 4.69) is 40.1 Å². The van der Waals surface area contributed by atoms with Crippen molar-refractivity contribution < 1.29 is 4.79 Å². The van der Waals surface area contributed by atoms with E-state index in [0.29, 0.717) is 23.1 Å². The number of rotatable bonds is 5. The van der Waals surface area contributed by atoms with Gasteiger partial charge in [-0.15, -0.1) is 0 Å². The molecule has 0 spiro atoms. The van der Waals surface area contributed by atoms with Gasteiger partial charge in [-0.2, -0.15) is 5.26 Å². The molecule has 1 N–H and O–H groups in total. The number of carbonyl (C=O) groups is 1. The van der Waals surface area contributed by atoms with Crippen molar-refractivity contribution >= 4 is 29.2 Å². The molecule has 6 nitrogen and oxygen atoms in total. The maximum atomic E-state index is 12.2. The molecule has 0 saturated carbocycles. The summed E-state index contributed by atoms with van der Waals surface area (Å²) in [6.45, 7) is 6.55. The average Bonchev–Trinajstić information content (AvgIpc) is 2.66. The Bertz CT molecular complexity index is 823. The summed E-state index contributed by atoms with van der Waals surface area (Å²) in [4.78, 5) is 23.2. The zero-order valence-corrected chi connectivity index (χ0v) is 16.4. The molecule has 1 aliphatic rings. The fourth-order valence-electron chi connectivity index (χ4n) is 3.40. The van der Waals surface area contributed by atoms with E-state index in [0.717, 1.165) is 23.9 Å². The van der Waals surface area contributed by atoms with E-state index < -0.39 is 0 Å². The molecule has 0 aliphatic carbocycles. The molecule has 7 heteroatoms. The molecule has 2 heterocycles. The Hall–Kier alpha value is -2.59. The molecule has 3 rings (SSSR count). The van der Waals surface area contributed by atoms with E-state index in [1.165, 1.54) is 18.2 Å². The average molecular weight is 382 g/mol. The summed E-state index contributed by atoms with van der Waals surface area (Å²) in [6.07, 6.45) is 2.82. The first-order chi connectivity index (χ1) is 13.0. The van der Waals surface area contributed by atoms with E-state index >= 15 is 0 Å². The van der Waals surface area contributed by atoms with Gasteiger partial charge in [0, 0.05) is 24.8 Å². The number of hydrogen-bond donors (Lipinski definition) is 1. The fraction of sp³-hybridized carbons (Fsp3) is 0.400. The topological polar surface area (TPSA) is 81.9 Å². The van der Waals surface area contributed by atoms with Gasteiger partial charge in [0.05, 0.1) is 17.4 Å². The number of nitrogens with zero attached hydrogens (tertiary/aromatic N) is 4. The van der Waals surface area contributed by atoms with Crippen molar-refractivity contribution in [2.75, 3.05) is 29.1 Å². The SMILES string of the molecule is C[C@@H]1C[C@@H](C)CN(c2cc(SCC(=O)Nc3ccc(C#N)cc3)ncn2)C1. The van der Waals surface area contributed by atoms with Gasteiger partial charge in [0.1, 0.15) is 17.2 Å². The molecule has 1 saturated heterocycles. The minimum Gasteiger partial charge on any atom is -0.356 e. The predicted molar refractivity (Wildman–Crippen MR) is 108 cm³/mol. The summed E-state index contributed by atoms with van der Waals surface area (Å²) >= 11 is 1.39. The van der Waals surface area contributed by atoms with Crippen molar-refractivity contribution in [1.29, 1.82) is 5.26 Å². The van der Waals surface area contributed by atoms with Gasteiger partial charge in [-0.1, -0.05) is 25.6 Å². The second-order valence-corrected chi connectivity index (χ2v) is 8.09. The highest BCUT2D eigenvalue weighted by molar-refractivity contribution is 7.99. The third kappa shape index (κ3) is 5.44. The molecule has 27 heavy (non-hydrogen) atoms. The number of hydrogen-bond acceptors (Lipinski definition) is 6. The molecule has 2 aromatic rings. The maximum Gasteiger partial charge on any atom is 0.234 e. The van der Waals surface area contributed by atoms with E-state index in [9.17, 15) is 4.79 Å². The smallest absolute Gasteiger partial charge is 0.234 e. The Morgan fingerprint density at radius 2 is 1.96 bits per heavy atom. The molecule has 1 aromatic heterocycles. The largest absolute Gasteiger partial charge is 0.356 e. The van der Waals surface area contributed by atoms with Crippen LogP contribution in [0.15, 0.2) is 41.7 Å². The summed E-state index contributed by atoms with van der Waals surface area (Å²) < 4.78 is 0. The Morgan fingerprint density at radius 3 is 2.63 bits per heavy atom. The molecule has 0 radical (unpaired) electrons. The lowest BCUT2D eigenvalue weighted by Gasteiger charge is -2.35. The molecule has 1 aromatic carbocycles. The van der Waals surface area contributed by atoms with Crippen LogP contribution in [0, 0.1) is 23.2 Å². The van der Waals surface area contributed by atoms with Crippen LogP contribution in [0.2, 0.25) is 0 Å². The molecular weight excluding hydrogens is 358 g/mol. The number of anilines is 2. The number of nitriles is 1. The van der Waals surface area contributed by atoms with Crippen molar-refractivity contribution in [2.24, 2.45) is 11.8 Å². The van der Waals surface area contributed by atoms with Gasteiger partial charge >= 0.3 is 0 Å². The minimum absolute atomic E-state index is 0.106. The lowest BCUT2D eigenvalue weighted by atomic mass is 9.92. The first-order valence-corrected chi connectivity index (χ1v) is 10.0. The van der Waals surface area contributed by atoms with Gasteiger partial charge in [0.25, 0.3) is 0 Å². The highest BCUT2D eigenvalue weighted by Crippen LogP contribution is 2.27. The van der Waals surface area contributed by atoms with Crippen molar-refractivity contribution in [1.82, 2.24) is 9.97 Å². The van der Waals surface area contributed by atoms with E-state index in [1.807, 2.05) is 6.07 Å². The summed E-state index contributed by atoms with van der Waals surface area (Å²) in [5.41, 5.74) is 1.25. The Labute approximate surface area is 164 Å². The van der Waals surface area contributed by atoms with Crippen LogP contribution in [0.3, 0.4) is 0 Å². The standard InChI is InChI=1S/C20H23N5OS/c1-14-7-15(2)11-25(10-14)18-8-20(23-13-22-18)27-12-19(26)24-17-5-3-16(9-21)4-6-17/h3-6,8,13-15H,7,10-12H2,1-2H3,(H,24,26)/t14-,15-/m1/s1. The van der Waals surface area contributed by atoms with Crippen LogP contribution >= 0.6 is 11.8 Å². The summed E-state index contributed by atoms with van der Waals surface area (Å²) in [5, 5.41) is 12.4. The Balaban J connectivity index is 1.56. The third-order valence-corrected chi connectivity index (χ3v) is 5.39. The van der Waals surface area contributed by atoms with Crippen LogP contribution in [0.25, 0.3) is 0 Å². The lowest BCUT2D eigenvalue weighted by molar-refractivity contribution is -0.113. The number of benzene rings is 1. The maximum absolute atomic E-state index is 12.2. The number of piperidine rings is 1. The van der Waals surface area contributed by atoms with Crippen molar-refractivity contribution in [2.45, 2.75) is 25.3 Å². The highest BCUT2D eigenvalue weighted by atomic mass is 32.2. The summed E-state index contributed by atoms with van der Waals surface area (Å²) in [7, 11) is 0. The van der Waals surface area contributed by atoms with Gasteiger partial charge in [0.2, 0.25) is 5.91 Å². The Kier molecular flexibility index (Phi) is 6.30. The molecule has 1 amide bonds. The third-order valence-electron chi connectivity index (χ3n) is 4.47. The number of aromatic nitrogens is 2. The first-order valence-electron chi connectivity index (χ1n) is 9.03. The van der Waals surface area contributed by atoms with Gasteiger partial charge in [-0.3, -0.25) is 4.79 Å². The number of carbonyl (C=O) groups excluding carboxylic acids is 1. The van der Waals surface area contributed by atoms with Gasteiger partial charge in [-0.05, 0) is 42.5 Å². The lowest BCUT2D eigenvalue weighted by Crippen LogP contribution is -2.39. The van der Waals surface area contributed by atoms with Crippen LogP contribution in [-0.2, 0) is 4.79 Å². The number of thioether (sulfide) groups is 1. The van der Waals surface area contributed by atoms with Gasteiger partial charge < -0.3 is 10.2 Å². The molecule has 1 fully saturated rings. The van der Waals surface area contributed by atoms with Crippen LogP contribution in [0.5, 0.6) is 0 Å². The molecule has 0 unspecified atom stereocenters.